The first-order chi connectivity index (χ1) is 9.23. The van der Waals surface area contributed by atoms with Gasteiger partial charge in [0.15, 0.2) is 0 Å². The maximum absolute atomic E-state index is 6.57. The zero-order chi connectivity index (χ0) is 12.9. The molecular weight excluding hydrogens is 234 g/mol. The number of hydrogen-bond acceptors (Lipinski definition) is 2. The van der Waals surface area contributed by atoms with Gasteiger partial charge in [-0.25, -0.2) is 0 Å². The van der Waals surface area contributed by atoms with E-state index in [4.69, 9.17) is 4.74 Å². The first-order valence-corrected chi connectivity index (χ1v) is 8.55. The predicted molar refractivity (Wildman–Crippen MR) is 77.1 cm³/mol. The lowest BCUT2D eigenvalue weighted by atomic mass is 9.77. The molecule has 3 atom stereocenters. The van der Waals surface area contributed by atoms with Crippen LogP contribution < -0.4 is 5.32 Å². The normalized spacial score (nSPS) is 46.9. The topological polar surface area (TPSA) is 21.3 Å². The summed E-state index contributed by atoms with van der Waals surface area (Å²) in [5.74, 6) is 2.16. The van der Waals surface area contributed by atoms with E-state index in [1.165, 1.54) is 70.8 Å². The van der Waals surface area contributed by atoms with E-state index in [0.29, 0.717) is 17.1 Å². The van der Waals surface area contributed by atoms with Gasteiger partial charge >= 0.3 is 0 Å². The largest absolute Gasteiger partial charge is 0.372 e. The van der Waals surface area contributed by atoms with Crippen molar-refractivity contribution >= 4 is 0 Å². The number of nitrogens with one attached hydrogen (secondary N) is 1. The van der Waals surface area contributed by atoms with Gasteiger partial charge in [0, 0.05) is 6.54 Å². The van der Waals surface area contributed by atoms with Crippen molar-refractivity contribution in [1.82, 2.24) is 5.32 Å². The van der Waals surface area contributed by atoms with Gasteiger partial charge in [-0.1, -0.05) is 12.8 Å². The summed E-state index contributed by atoms with van der Waals surface area (Å²) < 4.78 is 6.57. The molecule has 1 aliphatic heterocycles. The first kappa shape index (κ1) is 12.6. The van der Waals surface area contributed by atoms with Gasteiger partial charge in [-0.05, 0) is 75.7 Å². The number of ether oxygens (including phenoxy) is 1. The Balaban J connectivity index is 1.40. The van der Waals surface area contributed by atoms with Crippen LogP contribution in [0.25, 0.3) is 0 Å². The molecule has 0 radical (unpaired) electrons. The molecule has 4 fully saturated rings. The highest BCUT2D eigenvalue weighted by Gasteiger charge is 2.55. The summed E-state index contributed by atoms with van der Waals surface area (Å²) in [6.07, 6.45) is 14.6. The van der Waals surface area contributed by atoms with E-state index in [-0.39, 0.29) is 0 Å². The lowest BCUT2D eigenvalue weighted by Crippen LogP contribution is -2.36. The molecule has 108 valence electrons. The standard InChI is InChI=1S/C17H29NO/c1-18-12-16(9-13-8-14(13)10-16)11-15-4-7-17(19-15)5-2-3-6-17/h13-15,18H,2-12H2,1H3. The number of fused-ring (bicyclic) bond motifs is 1. The molecule has 4 aliphatic rings. The minimum atomic E-state index is 0.326. The van der Waals surface area contributed by atoms with Crippen LogP contribution >= 0.6 is 0 Å². The van der Waals surface area contributed by atoms with Crippen molar-refractivity contribution in [2.45, 2.75) is 75.9 Å². The maximum atomic E-state index is 6.57. The molecule has 1 saturated heterocycles. The molecule has 0 aromatic heterocycles. The highest BCUT2D eigenvalue weighted by Crippen LogP contribution is 2.62. The Morgan fingerprint density at radius 3 is 2.53 bits per heavy atom. The van der Waals surface area contributed by atoms with Gasteiger partial charge in [0.25, 0.3) is 0 Å². The molecule has 2 nitrogen and oxygen atoms in total. The van der Waals surface area contributed by atoms with Crippen LogP contribution in [0.4, 0.5) is 0 Å². The van der Waals surface area contributed by atoms with Crippen molar-refractivity contribution < 1.29 is 4.74 Å². The maximum Gasteiger partial charge on any atom is 0.0687 e. The van der Waals surface area contributed by atoms with Crippen molar-refractivity contribution in [2.24, 2.45) is 17.3 Å². The minimum Gasteiger partial charge on any atom is -0.372 e. The first-order valence-electron chi connectivity index (χ1n) is 8.55. The fourth-order valence-electron chi connectivity index (χ4n) is 5.67. The number of hydrogen-bond donors (Lipinski definition) is 1. The summed E-state index contributed by atoms with van der Waals surface area (Å²) in [6.45, 7) is 1.22. The molecule has 0 amide bonds. The Labute approximate surface area is 117 Å². The Morgan fingerprint density at radius 1 is 1.11 bits per heavy atom. The quantitative estimate of drug-likeness (QED) is 0.838. The molecule has 0 aromatic rings. The van der Waals surface area contributed by atoms with Crippen LogP contribution in [-0.2, 0) is 4.74 Å². The third-order valence-electron chi connectivity index (χ3n) is 6.53. The Kier molecular flexibility index (Phi) is 2.97. The van der Waals surface area contributed by atoms with Gasteiger partial charge in [-0.3, -0.25) is 0 Å². The third kappa shape index (κ3) is 2.25. The van der Waals surface area contributed by atoms with Crippen molar-refractivity contribution in [3.05, 3.63) is 0 Å². The Bertz CT molecular complexity index is 337. The molecule has 0 aromatic carbocycles. The van der Waals surface area contributed by atoms with Crippen LogP contribution in [0.3, 0.4) is 0 Å². The van der Waals surface area contributed by atoms with Crippen molar-refractivity contribution in [3.8, 4) is 0 Å². The molecule has 3 aliphatic carbocycles. The summed E-state index contributed by atoms with van der Waals surface area (Å²) in [5, 5.41) is 3.47. The van der Waals surface area contributed by atoms with Crippen LogP contribution in [0.15, 0.2) is 0 Å². The predicted octanol–water partition coefficient (Wildman–Crippen LogP) is 3.50. The molecule has 0 bridgehead atoms. The fraction of sp³-hybridized carbons (Fsp3) is 1.00. The van der Waals surface area contributed by atoms with Crippen LogP contribution in [0.5, 0.6) is 0 Å². The monoisotopic (exact) mass is 263 g/mol. The third-order valence-corrected chi connectivity index (χ3v) is 6.53. The van der Waals surface area contributed by atoms with Gasteiger partial charge in [0.2, 0.25) is 0 Å². The lowest BCUT2D eigenvalue weighted by Gasteiger charge is -2.34. The van der Waals surface area contributed by atoms with Crippen molar-refractivity contribution in [1.29, 1.82) is 0 Å². The van der Waals surface area contributed by atoms with E-state index in [1.54, 1.807) is 0 Å². The lowest BCUT2D eigenvalue weighted by molar-refractivity contribution is -0.0540. The Morgan fingerprint density at radius 2 is 1.84 bits per heavy atom. The average molecular weight is 263 g/mol. The van der Waals surface area contributed by atoms with Crippen LogP contribution in [0.1, 0.15) is 64.2 Å². The molecule has 1 heterocycles. The second-order valence-electron chi connectivity index (χ2n) is 8.07. The van der Waals surface area contributed by atoms with E-state index in [1.807, 2.05) is 0 Å². The second kappa shape index (κ2) is 4.46. The molecule has 19 heavy (non-hydrogen) atoms. The van der Waals surface area contributed by atoms with Gasteiger partial charge < -0.3 is 10.1 Å². The molecule has 2 heteroatoms. The summed E-state index contributed by atoms with van der Waals surface area (Å²) in [4.78, 5) is 0. The molecule has 1 spiro atoms. The fourth-order valence-corrected chi connectivity index (χ4v) is 5.67. The van der Waals surface area contributed by atoms with E-state index >= 15 is 0 Å². The van der Waals surface area contributed by atoms with Crippen molar-refractivity contribution in [2.75, 3.05) is 13.6 Å². The Hall–Kier alpha value is -0.0800. The molecule has 3 saturated carbocycles. The summed E-state index contributed by atoms with van der Waals surface area (Å²) >= 11 is 0. The van der Waals surface area contributed by atoms with Gasteiger partial charge in [-0.2, -0.15) is 0 Å². The van der Waals surface area contributed by atoms with E-state index < -0.39 is 0 Å². The summed E-state index contributed by atoms with van der Waals surface area (Å²) in [6, 6.07) is 0. The van der Waals surface area contributed by atoms with Gasteiger partial charge in [0.05, 0.1) is 11.7 Å². The van der Waals surface area contributed by atoms with E-state index in [2.05, 4.69) is 12.4 Å². The highest BCUT2D eigenvalue weighted by atomic mass is 16.5. The zero-order valence-corrected chi connectivity index (χ0v) is 12.4. The zero-order valence-electron chi connectivity index (χ0n) is 12.4. The van der Waals surface area contributed by atoms with Gasteiger partial charge in [-0.15, -0.1) is 0 Å². The van der Waals surface area contributed by atoms with Gasteiger partial charge in [0.1, 0.15) is 0 Å². The minimum absolute atomic E-state index is 0.326. The van der Waals surface area contributed by atoms with Crippen molar-refractivity contribution in [3.63, 3.8) is 0 Å². The SMILES string of the molecule is CNCC1(CC2CCC3(CCCC3)O2)CC2CC2C1. The second-order valence-corrected chi connectivity index (χ2v) is 8.07. The van der Waals surface area contributed by atoms with Crippen LogP contribution in [-0.4, -0.2) is 25.3 Å². The molecule has 1 N–H and O–H groups in total. The van der Waals surface area contributed by atoms with E-state index in [0.717, 1.165) is 11.8 Å². The van der Waals surface area contributed by atoms with Crippen LogP contribution in [0.2, 0.25) is 0 Å². The average Bonchev–Trinajstić information content (AvgIpc) is 2.82. The summed E-state index contributed by atoms with van der Waals surface area (Å²) in [5.41, 5.74) is 0.907. The molecular formula is C17H29NO. The summed E-state index contributed by atoms with van der Waals surface area (Å²) in [7, 11) is 2.12. The smallest absolute Gasteiger partial charge is 0.0687 e. The van der Waals surface area contributed by atoms with E-state index in [9.17, 15) is 0 Å². The molecule has 3 unspecified atom stereocenters. The number of rotatable bonds is 4. The molecule has 4 rings (SSSR count). The highest BCUT2D eigenvalue weighted by molar-refractivity contribution is 5.05. The van der Waals surface area contributed by atoms with Crippen LogP contribution in [0, 0.1) is 17.3 Å².